The van der Waals surface area contributed by atoms with Crippen LogP contribution in [0, 0.1) is 11.3 Å². The molecule has 1 aromatic rings. The molecule has 0 aliphatic heterocycles. The van der Waals surface area contributed by atoms with Crippen LogP contribution >= 0.6 is 0 Å². The summed E-state index contributed by atoms with van der Waals surface area (Å²) >= 11 is 0. The summed E-state index contributed by atoms with van der Waals surface area (Å²) in [5, 5.41) is 8.71. The van der Waals surface area contributed by atoms with E-state index in [-0.39, 0.29) is 23.0 Å². The summed E-state index contributed by atoms with van der Waals surface area (Å²) in [5.41, 5.74) is -0.792. The second-order valence-corrected chi connectivity index (χ2v) is 3.04. The predicted molar refractivity (Wildman–Crippen MR) is 54.5 cm³/mol. The second kappa shape index (κ2) is 5.72. The quantitative estimate of drug-likeness (QED) is 0.605. The second-order valence-electron chi connectivity index (χ2n) is 3.04. The molecule has 7 heteroatoms. The van der Waals surface area contributed by atoms with Crippen LogP contribution in [0.15, 0.2) is 12.1 Å². The SMILES string of the molecule is COC(=O)c1cc(C#N)cc(OC(F)F)c1C=O. The summed E-state index contributed by atoms with van der Waals surface area (Å²) in [6.45, 7) is -3.18. The molecule has 18 heavy (non-hydrogen) atoms. The first-order valence-corrected chi connectivity index (χ1v) is 4.60. The molecule has 0 N–H and O–H groups in total. The third-order valence-electron chi connectivity index (χ3n) is 2.01. The maximum atomic E-state index is 12.1. The van der Waals surface area contributed by atoms with Gasteiger partial charge in [0.25, 0.3) is 0 Å². The van der Waals surface area contributed by atoms with Gasteiger partial charge in [0.15, 0.2) is 6.29 Å². The third kappa shape index (κ3) is 2.79. The zero-order valence-corrected chi connectivity index (χ0v) is 9.15. The van der Waals surface area contributed by atoms with E-state index in [2.05, 4.69) is 9.47 Å². The van der Waals surface area contributed by atoms with Crippen molar-refractivity contribution in [2.75, 3.05) is 7.11 Å². The van der Waals surface area contributed by atoms with Crippen LogP contribution in [-0.2, 0) is 4.74 Å². The number of carbonyl (C=O) groups is 2. The van der Waals surface area contributed by atoms with Crippen LogP contribution in [0.25, 0.3) is 0 Å². The fourth-order valence-corrected chi connectivity index (χ4v) is 1.29. The van der Waals surface area contributed by atoms with Crippen LogP contribution in [0.3, 0.4) is 0 Å². The van der Waals surface area contributed by atoms with Crippen molar-refractivity contribution in [1.82, 2.24) is 0 Å². The van der Waals surface area contributed by atoms with E-state index in [9.17, 15) is 18.4 Å². The Hall–Kier alpha value is -2.49. The van der Waals surface area contributed by atoms with Crippen molar-refractivity contribution >= 4 is 12.3 Å². The number of carbonyl (C=O) groups excluding carboxylic acids is 2. The molecule has 0 amide bonds. The number of hydrogen-bond donors (Lipinski definition) is 0. The van der Waals surface area contributed by atoms with Gasteiger partial charge in [-0.15, -0.1) is 0 Å². The summed E-state index contributed by atoms with van der Waals surface area (Å²) in [6.07, 6.45) is 0.186. The van der Waals surface area contributed by atoms with Crippen molar-refractivity contribution in [3.63, 3.8) is 0 Å². The number of hydrogen-bond acceptors (Lipinski definition) is 5. The number of esters is 1. The maximum Gasteiger partial charge on any atom is 0.387 e. The number of ether oxygens (including phenoxy) is 2. The van der Waals surface area contributed by atoms with Gasteiger partial charge in [0, 0.05) is 0 Å². The van der Waals surface area contributed by atoms with Crippen molar-refractivity contribution in [1.29, 1.82) is 5.26 Å². The van der Waals surface area contributed by atoms with E-state index in [1.165, 1.54) is 0 Å². The average Bonchev–Trinajstić information content (AvgIpc) is 2.36. The topological polar surface area (TPSA) is 76.4 Å². The van der Waals surface area contributed by atoms with Gasteiger partial charge in [-0.2, -0.15) is 14.0 Å². The molecule has 1 rings (SSSR count). The third-order valence-corrected chi connectivity index (χ3v) is 2.01. The zero-order chi connectivity index (χ0) is 13.7. The summed E-state index contributed by atoms with van der Waals surface area (Å²) in [5.74, 6) is -1.47. The van der Waals surface area contributed by atoms with Gasteiger partial charge in [-0.3, -0.25) is 4.79 Å². The monoisotopic (exact) mass is 255 g/mol. The molecule has 0 aromatic heterocycles. The molecule has 0 aliphatic carbocycles. The van der Waals surface area contributed by atoms with E-state index >= 15 is 0 Å². The van der Waals surface area contributed by atoms with Crippen LogP contribution < -0.4 is 4.74 Å². The number of nitriles is 1. The van der Waals surface area contributed by atoms with E-state index < -0.39 is 18.3 Å². The van der Waals surface area contributed by atoms with E-state index in [0.29, 0.717) is 0 Å². The van der Waals surface area contributed by atoms with E-state index in [0.717, 1.165) is 19.2 Å². The molecule has 0 atom stereocenters. The van der Waals surface area contributed by atoms with Gasteiger partial charge in [0.05, 0.1) is 29.9 Å². The van der Waals surface area contributed by atoms with Crippen LogP contribution in [-0.4, -0.2) is 26.0 Å². The van der Waals surface area contributed by atoms with Gasteiger partial charge in [-0.05, 0) is 12.1 Å². The number of benzene rings is 1. The minimum atomic E-state index is -3.18. The summed E-state index contributed by atoms with van der Waals surface area (Å²) in [4.78, 5) is 22.2. The Bertz CT molecular complexity index is 523. The largest absolute Gasteiger partial charge is 0.465 e. The maximum absolute atomic E-state index is 12.1. The van der Waals surface area contributed by atoms with Crippen LogP contribution in [0.1, 0.15) is 26.3 Å². The van der Waals surface area contributed by atoms with Crippen molar-refractivity contribution in [2.45, 2.75) is 6.61 Å². The lowest BCUT2D eigenvalue weighted by molar-refractivity contribution is -0.0501. The molecule has 5 nitrogen and oxygen atoms in total. The van der Waals surface area contributed by atoms with E-state index in [4.69, 9.17) is 5.26 Å². The number of methoxy groups -OCH3 is 1. The number of rotatable bonds is 4. The molecule has 0 heterocycles. The fraction of sp³-hybridized carbons (Fsp3) is 0.182. The lowest BCUT2D eigenvalue weighted by Crippen LogP contribution is -2.11. The first-order chi connectivity index (χ1) is 8.53. The van der Waals surface area contributed by atoms with Gasteiger partial charge in [0.1, 0.15) is 5.75 Å². The number of alkyl halides is 2. The molecular formula is C11H7F2NO4. The van der Waals surface area contributed by atoms with Gasteiger partial charge in [-0.25, -0.2) is 4.79 Å². The Balaban J connectivity index is 3.45. The zero-order valence-electron chi connectivity index (χ0n) is 9.15. The highest BCUT2D eigenvalue weighted by Gasteiger charge is 2.20. The first kappa shape index (κ1) is 13.6. The van der Waals surface area contributed by atoms with E-state index in [1.54, 1.807) is 6.07 Å². The minimum Gasteiger partial charge on any atom is -0.465 e. The highest BCUT2D eigenvalue weighted by atomic mass is 19.3. The molecular weight excluding hydrogens is 248 g/mol. The minimum absolute atomic E-state index is 0.100. The van der Waals surface area contributed by atoms with Gasteiger partial charge >= 0.3 is 12.6 Å². The lowest BCUT2D eigenvalue weighted by Gasteiger charge is -2.10. The van der Waals surface area contributed by atoms with Gasteiger partial charge in [0.2, 0.25) is 0 Å². The molecule has 0 aliphatic rings. The molecule has 0 radical (unpaired) electrons. The smallest absolute Gasteiger partial charge is 0.387 e. The summed E-state index contributed by atoms with van der Waals surface area (Å²) in [7, 11) is 1.06. The highest BCUT2D eigenvalue weighted by molar-refractivity contribution is 6.00. The molecule has 0 saturated carbocycles. The molecule has 0 unspecified atom stereocenters. The number of aldehydes is 1. The Morgan fingerprint density at radius 2 is 2.17 bits per heavy atom. The lowest BCUT2D eigenvalue weighted by atomic mass is 10.0. The molecule has 94 valence electrons. The molecule has 0 bridgehead atoms. The van der Waals surface area contributed by atoms with Crippen LogP contribution in [0.4, 0.5) is 8.78 Å². The van der Waals surface area contributed by atoms with Crippen LogP contribution in [0.5, 0.6) is 5.75 Å². The van der Waals surface area contributed by atoms with E-state index in [1.807, 2.05) is 0 Å². The fourth-order valence-electron chi connectivity index (χ4n) is 1.29. The van der Waals surface area contributed by atoms with Crippen molar-refractivity contribution in [2.24, 2.45) is 0 Å². The van der Waals surface area contributed by atoms with Crippen LogP contribution in [0.2, 0.25) is 0 Å². The Morgan fingerprint density at radius 3 is 2.61 bits per heavy atom. The van der Waals surface area contributed by atoms with Gasteiger partial charge in [-0.1, -0.05) is 0 Å². The summed E-state index contributed by atoms with van der Waals surface area (Å²) in [6, 6.07) is 3.67. The highest BCUT2D eigenvalue weighted by Crippen LogP contribution is 2.25. The van der Waals surface area contributed by atoms with Gasteiger partial charge < -0.3 is 9.47 Å². The summed E-state index contributed by atoms with van der Waals surface area (Å²) < 4.78 is 32.8. The predicted octanol–water partition coefficient (Wildman–Crippen LogP) is 1.76. The average molecular weight is 255 g/mol. The van der Waals surface area contributed by atoms with Crippen molar-refractivity contribution in [3.05, 3.63) is 28.8 Å². The van der Waals surface area contributed by atoms with Crippen molar-refractivity contribution < 1.29 is 27.8 Å². The Labute approximate surface area is 101 Å². The molecule has 0 fully saturated rings. The first-order valence-electron chi connectivity index (χ1n) is 4.60. The standard InChI is InChI=1S/C11H7F2NO4/c1-17-10(16)7-2-6(4-14)3-9(8(7)5-15)18-11(12)13/h2-3,5,11H,1H3. The molecule has 0 saturated heterocycles. The Morgan fingerprint density at radius 1 is 1.50 bits per heavy atom. The molecule has 0 spiro atoms. The number of nitrogens with zero attached hydrogens (tertiary/aromatic N) is 1. The normalized spacial score (nSPS) is 9.72. The molecule has 1 aromatic carbocycles. The number of halogens is 2. The Kier molecular flexibility index (Phi) is 4.32. The van der Waals surface area contributed by atoms with Crippen molar-refractivity contribution in [3.8, 4) is 11.8 Å².